The van der Waals surface area contributed by atoms with Crippen LogP contribution < -0.4 is 0 Å². The maximum absolute atomic E-state index is 2.35. The Labute approximate surface area is 303 Å². The summed E-state index contributed by atoms with van der Waals surface area (Å²) in [5.41, 5.74) is 12.4. The molecule has 0 heteroatoms. The second kappa shape index (κ2) is 12.5. The van der Waals surface area contributed by atoms with Gasteiger partial charge in [-0.2, -0.15) is 0 Å². The zero-order valence-electron chi connectivity index (χ0n) is 28.6. The lowest BCUT2D eigenvalue weighted by Gasteiger charge is -2.17. The molecule has 10 rings (SSSR count). The molecule has 242 valence electrons. The normalized spacial score (nSPS) is 11.5. The van der Waals surface area contributed by atoms with Gasteiger partial charge in [0, 0.05) is 0 Å². The van der Waals surface area contributed by atoms with Gasteiger partial charge in [-0.1, -0.05) is 194 Å². The van der Waals surface area contributed by atoms with Crippen LogP contribution in [0.3, 0.4) is 0 Å². The van der Waals surface area contributed by atoms with Gasteiger partial charge in [-0.15, -0.1) is 0 Å². The second-order valence-electron chi connectivity index (χ2n) is 13.6. The van der Waals surface area contributed by atoms with Gasteiger partial charge < -0.3 is 0 Å². The van der Waals surface area contributed by atoms with Crippen molar-refractivity contribution in [3.63, 3.8) is 0 Å². The molecule has 0 spiro atoms. The minimum absolute atomic E-state index is 1.22. The molecule has 0 nitrogen and oxygen atoms in total. The highest BCUT2D eigenvalue weighted by atomic mass is 14.2. The van der Waals surface area contributed by atoms with E-state index < -0.39 is 0 Å². The van der Waals surface area contributed by atoms with E-state index in [9.17, 15) is 0 Å². The first-order valence-corrected chi connectivity index (χ1v) is 18.0. The maximum atomic E-state index is 2.35. The molecular weight excluding hydrogens is 625 g/mol. The van der Waals surface area contributed by atoms with Gasteiger partial charge in [-0.3, -0.25) is 0 Å². The van der Waals surface area contributed by atoms with Gasteiger partial charge >= 0.3 is 0 Å². The monoisotopic (exact) mass is 658 g/mol. The van der Waals surface area contributed by atoms with Crippen molar-refractivity contribution in [3.05, 3.63) is 206 Å². The SMILES string of the molecule is c1cc(-c2cccc3ccccc23)cc(-c2ccc(-c3ccc(-c4cccc(-c5cccc6ccccc56)c4)c4ccccc34)c3ccccc23)c1. The van der Waals surface area contributed by atoms with E-state index in [4.69, 9.17) is 0 Å². The van der Waals surface area contributed by atoms with E-state index in [1.807, 2.05) is 0 Å². The standard InChI is InChI=1S/C52H34/c1-3-21-41-35(13-1)15-11-27-43(41)37-17-9-19-39(33-37)45-29-31-51(49-25-7-5-23-47(45)49)52-32-30-46(48-24-6-8-26-50(48)52)40-20-10-18-38(34-40)44-28-12-16-36-14-2-4-22-42(36)44/h1-34H. The van der Waals surface area contributed by atoms with E-state index in [1.165, 1.54) is 98.7 Å². The summed E-state index contributed by atoms with van der Waals surface area (Å²) < 4.78 is 0. The van der Waals surface area contributed by atoms with Crippen molar-refractivity contribution in [1.82, 2.24) is 0 Å². The number of hydrogen-bond donors (Lipinski definition) is 0. The van der Waals surface area contributed by atoms with E-state index in [2.05, 4.69) is 206 Å². The van der Waals surface area contributed by atoms with Crippen molar-refractivity contribution in [3.8, 4) is 55.6 Å². The van der Waals surface area contributed by atoms with Crippen molar-refractivity contribution in [2.45, 2.75) is 0 Å². The van der Waals surface area contributed by atoms with Gasteiger partial charge in [-0.25, -0.2) is 0 Å². The van der Waals surface area contributed by atoms with Crippen LogP contribution in [0, 0.1) is 0 Å². The lowest BCUT2D eigenvalue weighted by Crippen LogP contribution is -1.90. The van der Waals surface area contributed by atoms with Crippen LogP contribution in [0.15, 0.2) is 206 Å². The first kappa shape index (κ1) is 30.1. The highest BCUT2D eigenvalue weighted by Crippen LogP contribution is 2.42. The summed E-state index contributed by atoms with van der Waals surface area (Å²) in [5.74, 6) is 0. The zero-order valence-corrected chi connectivity index (χ0v) is 28.6. The molecule has 10 aromatic rings. The summed E-state index contributed by atoms with van der Waals surface area (Å²) in [6.45, 7) is 0. The molecule has 0 radical (unpaired) electrons. The molecule has 0 aliphatic rings. The Hall–Kier alpha value is -6.76. The molecule has 0 saturated carbocycles. The molecule has 0 aliphatic carbocycles. The van der Waals surface area contributed by atoms with Gasteiger partial charge in [0.15, 0.2) is 0 Å². The number of hydrogen-bond acceptors (Lipinski definition) is 0. The summed E-state index contributed by atoms with van der Waals surface area (Å²) in [7, 11) is 0. The van der Waals surface area contributed by atoms with E-state index in [1.54, 1.807) is 0 Å². The summed E-state index contributed by atoms with van der Waals surface area (Å²) >= 11 is 0. The minimum Gasteiger partial charge on any atom is -0.0616 e. The van der Waals surface area contributed by atoms with Gasteiger partial charge in [-0.05, 0) is 111 Å². The average molecular weight is 659 g/mol. The lowest BCUT2D eigenvalue weighted by atomic mass is 9.87. The molecule has 10 aromatic carbocycles. The summed E-state index contributed by atoms with van der Waals surface area (Å²) in [5, 5.41) is 10.1. The highest BCUT2D eigenvalue weighted by Gasteiger charge is 2.15. The van der Waals surface area contributed by atoms with Gasteiger partial charge in [0.2, 0.25) is 0 Å². The molecule has 0 saturated heterocycles. The maximum Gasteiger partial charge on any atom is -0.00987 e. The van der Waals surface area contributed by atoms with Crippen LogP contribution in [0.5, 0.6) is 0 Å². The van der Waals surface area contributed by atoms with Crippen molar-refractivity contribution >= 4 is 43.1 Å². The van der Waals surface area contributed by atoms with E-state index in [0.29, 0.717) is 0 Å². The molecule has 0 atom stereocenters. The van der Waals surface area contributed by atoms with Gasteiger partial charge in [0.1, 0.15) is 0 Å². The molecule has 0 bridgehead atoms. The predicted molar refractivity (Wildman–Crippen MR) is 224 cm³/mol. The van der Waals surface area contributed by atoms with E-state index in [-0.39, 0.29) is 0 Å². The lowest BCUT2D eigenvalue weighted by molar-refractivity contribution is 1.61. The van der Waals surface area contributed by atoms with E-state index in [0.717, 1.165) is 0 Å². The molecule has 0 fully saturated rings. The third kappa shape index (κ3) is 5.08. The van der Waals surface area contributed by atoms with E-state index >= 15 is 0 Å². The second-order valence-corrected chi connectivity index (χ2v) is 13.6. The minimum atomic E-state index is 1.22. The summed E-state index contributed by atoms with van der Waals surface area (Å²) in [6.07, 6.45) is 0. The molecular formula is C52H34. The molecule has 0 aliphatic heterocycles. The number of rotatable bonds is 5. The topological polar surface area (TPSA) is 0 Å². The Kier molecular flexibility index (Phi) is 7.25. The molecule has 52 heavy (non-hydrogen) atoms. The third-order valence-corrected chi connectivity index (χ3v) is 10.7. The summed E-state index contributed by atoms with van der Waals surface area (Å²) in [4.78, 5) is 0. The molecule has 0 heterocycles. The smallest absolute Gasteiger partial charge is 0.00987 e. The molecule has 0 aromatic heterocycles. The fraction of sp³-hybridized carbons (Fsp3) is 0. The largest absolute Gasteiger partial charge is 0.0616 e. The zero-order chi connectivity index (χ0) is 34.4. The Morgan fingerprint density at radius 2 is 0.442 bits per heavy atom. The van der Waals surface area contributed by atoms with Gasteiger partial charge in [0.05, 0.1) is 0 Å². The van der Waals surface area contributed by atoms with Crippen LogP contribution in [0.2, 0.25) is 0 Å². The van der Waals surface area contributed by atoms with Crippen LogP contribution in [-0.2, 0) is 0 Å². The Morgan fingerprint density at radius 3 is 0.846 bits per heavy atom. The fourth-order valence-corrected chi connectivity index (χ4v) is 8.23. The van der Waals surface area contributed by atoms with Crippen molar-refractivity contribution in [2.24, 2.45) is 0 Å². The van der Waals surface area contributed by atoms with Crippen LogP contribution >= 0.6 is 0 Å². The average Bonchev–Trinajstić information content (AvgIpc) is 3.22. The van der Waals surface area contributed by atoms with Crippen LogP contribution in [0.4, 0.5) is 0 Å². The summed E-state index contributed by atoms with van der Waals surface area (Å²) in [6, 6.07) is 75.5. The first-order chi connectivity index (χ1) is 25.8. The highest BCUT2D eigenvalue weighted by molar-refractivity contribution is 6.12. The quantitative estimate of drug-likeness (QED) is 0.173. The van der Waals surface area contributed by atoms with Gasteiger partial charge in [0.25, 0.3) is 0 Å². The van der Waals surface area contributed by atoms with Crippen LogP contribution in [0.25, 0.3) is 98.7 Å². The van der Waals surface area contributed by atoms with Crippen molar-refractivity contribution in [1.29, 1.82) is 0 Å². The van der Waals surface area contributed by atoms with Crippen LogP contribution in [0.1, 0.15) is 0 Å². The Balaban J connectivity index is 1.09. The predicted octanol–water partition coefficient (Wildman–Crippen LogP) is 14.6. The Bertz CT molecular complexity index is 2750. The van der Waals surface area contributed by atoms with Crippen molar-refractivity contribution in [2.75, 3.05) is 0 Å². The fourth-order valence-electron chi connectivity index (χ4n) is 8.23. The molecule has 0 amide bonds. The number of fused-ring (bicyclic) bond motifs is 4. The molecule has 0 N–H and O–H groups in total. The third-order valence-electron chi connectivity index (χ3n) is 10.7. The number of benzene rings is 10. The first-order valence-electron chi connectivity index (χ1n) is 18.0. The van der Waals surface area contributed by atoms with Crippen LogP contribution in [-0.4, -0.2) is 0 Å². The molecule has 0 unspecified atom stereocenters. The van der Waals surface area contributed by atoms with Crippen molar-refractivity contribution < 1.29 is 0 Å². The Morgan fingerprint density at radius 1 is 0.173 bits per heavy atom.